The molecule has 2 saturated heterocycles. The van der Waals surface area contributed by atoms with Crippen molar-refractivity contribution in [2.24, 2.45) is 17.3 Å². The molecule has 23 heavy (non-hydrogen) atoms. The molecule has 0 radical (unpaired) electrons. The Hall–Kier alpha value is -1.59. The van der Waals surface area contributed by atoms with E-state index >= 15 is 0 Å². The van der Waals surface area contributed by atoms with Crippen LogP contribution in [0.25, 0.3) is 0 Å². The van der Waals surface area contributed by atoms with E-state index in [1.807, 2.05) is 20.8 Å². The minimum absolute atomic E-state index is 0.0161. The van der Waals surface area contributed by atoms with E-state index in [1.54, 1.807) is 9.80 Å². The molecule has 130 valence electrons. The molecule has 0 aliphatic carbocycles. The lowest BCUT2D eigenvalue weighted by Crippen LogP contribution is -2.51. The molecule has 2 amide bonds. The van der Waals surface area contributed by atoms with Crippen LogP contribution in [0.3, 0.4) is 0 Å². The summed E-state index contributed by atoms with van der Waals surface area (Å²) in [6, 6.07) is 0. The molecule has 0 spiro atoms. The first-order valence-corrected chi connectivity index (χ1v) is 8.51. The van der Waals surface area contributed by atoms with E-state index in [0.717, 1.165) is 19.3 Å². The maximum absolute atomic E-state index is 12.7. The van der Waals surface area contributed by atoms with E-state index in [1.165, 1.54) is 0 Å². The van der Waals surface area contributed by atoms with Gasteiger partial charge in [0.25, 0.3) is 0 Å². The number of hydrogen-bond donors (Lipinski definition) is 1. The van der Waals surface area contributed by atoms with Gasteiger partial charge in [0.05, 0.1) is 11.8 Å². The normalized spacial score (nSPS) is 26.0. The minimum Gasteiger partial charge on any atom is -0.481 e. The number of amides is 2. The molecule has 6 heteroatoms. The maximum Gasteiger partial charge on any atom is 0.308 e. The molecule has 6 nitrogen and oxygen atoms in total. The SMILES string of the molecule is CC(C)(C)C(=O)N1CCCC(C(=O)N2CCC[C@H](C(=O)O)C2)C1. The largest absolute Gasteiger partial charge is 0.481 e. The second-order valence-electron chi connectivity index (χ2n) is 7.80. The van der Waals surface area contributed by atoms with Crippen LogP contribution in [0, 0.1) is 17.3 Å². The van der Waals surface area contributed by atoms with Crippen molar-refractivity contribution in [1.29, 1.82) is 0 Å². The van der Waals surface area contributed by atoms with Gasteiger partial charge in [-0.25, -0.2) is 0 Å². The van der Waals surface area contributed by atoms with E-state index in [2.05, 4.69) is 0 Å². The number of aliphatic carboxylic acids is 1. The van der Waals surface area contributed by atoms with Gasteiger partial charge in [-0.3, -0.25) is 14.4 Å². The van der Waals surface area contributed by atoms with Crippen molar-refractivity contribution in [3.05, 3.63) is 0 Å². The second kappa shape index (κ2) is 6.89. The molecular formula is C17H28N2O4. The van der Waals surface area contributed by atoms with Crippen LogP contribution in [-0.4, -0.2) is 58.9 Å². The average Bonchev–Trinajstić information content (AvgIpc) is 2.52. The van der Waals surface area contributed by atoms with Crippen molar-refractivity contribution in [2.45, 2.75) is 46.5 Å². The maximum atomic E-state index is 12.7. The Morgan fingerprint density at radius 3 is 2.00 bits per heavy atom. The van der Waals surface area contributed by atoms with Gasteiger partial charge in [0.2, 0.25) is 11.8 Å². The molecule has 0 aromatic rings. The Labute approximate surface area is 137 Å². The van der Waals surface area contributed by atoms with Crippen molar-refractivity contribution in [3.8, 4) is 0 Å². The number of carboxylic acids is 1. The van der Waals surface area contributed by atoms with E-state index < -0.39 is 17.3 Å². The smallest absolute Gasteiger partial charge is 0.308 e. The number of nitrogens with zero attached hydrogens (tertiary/aromatic N) is 2. The standard InChI is InChI=1S/C17H28N2O4/c1-17(2,3)16(23)19-9-4-6-12(10-19)14(20)18-8-5-7-13(11-18)15(21)22/h12-13H,4-11H2,1-3H3,(H,21,22)/t12?,13-/m0/s1. The highest BCUT2D eigenvalue weighted by molar-refractivity contribution is 5.84. The van der Waals surface area contributed by atoms with Gasteiger partial charge in [0.1, 0.15) is 0 Å². The highest BCUT2D eigenvalue weighted by atomic mass is 16.4. The molecule has 2 rings (SSSR count). The van der Waals surface area contributed by atoms with Gasteiger partial charge >= 0.3 is 5.97 Å². The summed E-state index contributed by atoms with van der Waals surface area (Å²) in [5.41, 5.74) is -0.440. The Morgan fingerprint density at radius 1 is 0.913 bits per heavy atom. The molecule has 2 fully saturated rings. The van der Waals surface area contributed by atoms with Crippen molar-refractivity contribution in [3.63, 3.8) is 0 Å². The number of likely N-dealkylation sites (tertiary alicyclic amines) is 2. The lowest BCUT2D eigenvalue weighted by atomic mass is 9.90. The Kier molecular flexibility index (Phi) is 5.32. The molecule has 0 aromatic heterocycles. The lowest BCUT2D eigenvalue weighted by molar-refractivity contribution is -0.148. The predicted octanol–water partition coefficient (Wildman–Crippen LogP) is 1.59. The summed E-state index contributed by atoms with van der Waals surface area (Å²) in [6.45, 7) is 7.78. The van der Waals surface area contributed by atoms with Gasteiger partial charge in [-0.1, -0.05) is 20.8 Å². The fourth-order valence-corrected chi connectivity index (χ4v) is 3.47. The van der Waals surface area contributed by atoms with E-state index in [-0.39, 0.29) is 17.7 Å². The van der Waals surface area contributed by atoms with Crippen LogP contribution in [-0.2, 0) is 14.4 Å². The molecule has 1 N–H and O–H groups in total. The molecular weight excluding hydrogens is 296 g/mol. The summed E-state index contributed by atoms with van der Waals surface area (Å²) in [5.74, 6) is -1.37. The van der Waals surface area contributed by atoms with Crippen LogP contribution in [0.2, 0.25) is 0 Å². The second-order valence-corrected chi connectivity index (χ2v) is 7.80. The highest BCUT2D eigenvalue weighted by Crippen LogP contribution is 2.26. The van der Waals surface area contributed by atoms with Gasteiger partial charge in [-0.15, -0.1) is 0 Å². The molecule has 2 atom stereocenters. The zero-order valence-corrected chi connectivity index (χ0v) is 14.4. The van der Waals surface area contributed by atoms with Crippen LogP contribution in [0.1, 0.15) is 46.5 Å². The van der Waals surface area contributed by atoms with Crippen LogP contribution in [0.4, 0.5) is 0 Å². The van der Waals surface area contributed by atoms with Crippen LogP contribution < -0.4 is 0 Å². The predicted molar refractivity (Wildman–Crippen MR) is 85.7 cm³/mol. The quantitative estimate of drug-likeness (QED) is 0.837. The zero-order valence-electron chi connectivity index (χ0n) is 14.4. The van der Waals surface area contributed by atoms with Gasteiger partial charge in [-0.05, 0) is 25.7 Å². The third-order valence-electron chi connectivity index (χ3n) is 4.78. The molecule has 0 bridgehead atoms. The van der Waals surface area contributed by atoms with Crippen LogP contribution in [0.5, 0.6) is 0 Å². The summed E-state index contributed by atoms with van der Waals surface area (Å²) < 4.78 is 0. The molecule has 0 aromatic carbocycles. The Morgan fingerprint density at radius 2 is 1.43 bits per heavy atom. The molecule has 2 aliphatic rings. The first-order chi connectivity index (χ1) is 10.7. The third kappa shape index (κ3) is 4.24. The van der Waals surface area contributed by atoms with Gasteiger partial charge in [0, 0.05) is 31.6 Å². The number of carbonyl (C=O) groups excluding carboxylic acids is 2. The topological polar surface area (TPSA) is 77.9 Å². The number of carboxylic acid groups (broad SMARTS) is 1. The first-order valence-electron chi connectivity index (χ1n) is 8.51. The summed E-state index contributed by atoms with van der Waals surface area (Å²) in [4.78, 5) is 39.8. The molecule has 2 aliphatic heterocycles. The van der Waals surface area contributed by atoms with Gasteiger partial charge in [0.15, 0.2) is 0 Å². The fraction of sp³-hybridized carbons (Fsp3) is 0.824. The van der Waals surface area contributed by atoms with Crippen molar-refractivity contribution < 1.29 is 19.5 Å². The van der Waals surface area contributed by atoms with Crippen LogP contribution in [0.15, 0.2) is 0 Å². The van der Waals surface area contributed by atoms with E-state index in [9.17, 15) is 14.4 Å². The molecule has 0 saturated carbocycles. The number of carbonyl (C=O) groups is 3. The molecule has 1 unspecified atom stereocenters. The number of piperidine rings is 2. The third-order valence-corrected chi connectivity index (χ3v) is 4.78. The Balaban J connectivity index is 1.99. The average molecular weight is 324 g/mol. The summed E-state index contributed by atoms with van der Waals surface area (Å²) in [5, 5.41) is 9.16. The minimum atomic E-state index is -0.823. The van der Waals surface area contributed by atoms with E-state index in [4.69, 9.17) is 5.11 Å². The zero-order chi connectivity index (χ0) is 17.2. The summed E-state index contributed by atoms with van der Waals surface area (Å²) in [6.07, 6.45) is 2.98. The number of rotatable bonds is 2. The summed E-state index contributed by atoms with van der Waals surface area (Å²) >= 11 is 0. The van der Waals surface area contributed by atoms with Gasteiger partial charge < -0.3 is 14.9 Å². The first kappa shape index (κ1) is 17.8. The van der Waals surface area contributed by atoms with Crippen molar-refractivity contribution >= 4 is 17.8 Å². The van der Waals surface area contributed by atoms with Crippen molar-refractivity contribution in [2.75, 3.05) is 26.2 Å². The Bertz CT molecular complexity index is 483. The monoisotopic (exact) mass is 324 g/mol. The summed E-state index contributed by atoms with van der Waals surface area (Å²) in [7, 11) is 0. The fourth-order valence-electron chi connectivity index (χ4n) is 3.47. The highest BCUT2D eigenvalue weighted by Gasteiger charge is 2.36. The van der Waals surface area contributed by atoms with Crippen molar-refractivity contribution in [1.82, 2.24) is 9.80 Å². The molecule has 2 heterocycles. The number of hydrogen-bond acceptors (Lipinski definition) is 3. The van der Waals surface area contributed by atoms with Gasteiger partial charge in [-0.2, -0.15) is 0 Å². The lowest BCUT2D eigenvalue weighted by Gasteiger charge is -2.39. The van der Waals surface area contributed by atoms with E-state index in [0.29, 0.717) is 32.6 Å². The van der Waals surface area contributed by atoms with Crippen LogP contribution >= 0.6 is 0 Å².